The highest BCUT2D eigenvalue weighted by atomic mass is 35.5. The Bertz CT molecular complexity index is 405. The minimum absolute atomic E-state index is 0. The van der Waals surface area contributed by atoms with Gasteiger partial charge in [-0.15, -0.1) is 12.4 Å². The molecule has 0 heterocycles. The van der Waals surface area contributed by atoms with Crippen molar-refractivity contribution in [1.82, 2.24) is 0 Å². The molecule has 1 aromatic carbocycles. The van der Waals surface area contributed by atoms with Crippen LogP contribution in [0, 0.1) is 0 Å². The molecule has 1 atom stereocenters. The number of Topliss-reactive ketones (excluding diaryl/α,β-unsaturated/α-hetero) is 1. The number of benzene rings is 1. The van der Waals surface area contributed by atoms with Crippen molar-refractivity contribution in [2.45, 2.75) is 13.0 Å². The van der Waals surface area contributed by atoms with Crippen LogP contribution in [0.3, 0.4) is 0 Å². The Hall–Kier alpha value is -1.59. The van der Waals surface area contributed by atoms with Crippen molar-refractivity contribution in [1.29, 1.82) is 0 Å². The quantitative estimate of drug-likeness (QED) is 0.644. The molecule has 1 rings (SSSR count). The Morgan fingerprint density at radius 3 is 2.28 bits per heavy atom. The maximum absolute atomic E-state index is 11.3. The molecule has 0 radical (unpaired) electrons. The Balaban J connectivity index is 0.00000289. The number of rotatable bonds is 5. The van der Waals surface area contributed by atoms with E-state index < -0.39 is 12.1 Å². The summed E-state index contributed by atoms with van der Waals surface area (Å²) in [5.74, 6) is -0.0962. The van der Waals surface area contributed by atoms with E-state index >= 15 is 0 Å². The molecule has 6 heteroatoms. The highest BCUT2D eigenvalue weighted by Crippen LogP contribution is 2.14. The van der Waals surface area contributed by atoms with E-state index in [0.717, 1.165) is 0 Å². The first-order valence-electron chi connectivity index (χ1n) is 5.16. The normalized spacial score (nSPS) is 11.1. The predicted octanol–water partition coefficient (Wildman–Crippen LogP) is 1.19. The minimum atomic E-state index is -0.684. The second kappa shape index (κ2) is 7.68. The van der Waals surface area contributed by atoms with Gasteiger partial charge in [-0.2, -0.15) is 0 Å². The van der Waals surface area contributed by atoms with Gasteiger partial charge in [-0.05, 0) is 31.2 Å². The molecule has 0 saturated heterocycles. The van der Waals surface area contributed by atoms with Crippen molar-refractivity contribution >= 4 is 24.2 Å². The lowest BCUT2D eigenvalue weighted by Gasteiger charge is -2.12. The van der Waals surface area contributed by atoms with Crippen LogP contribution in [-0.2, 0) is 9.53 Å². The number of halogens is 1. The molecule has 0 spiro atoms. The zero-order chi connectivity index (χ0) is 12.8. The molecule has 2 N–H and O–H groups in total. The van der Waals surface area contributed by atoms with Crippen LogP contribution in [0.1, 0.15) is 17.3 Å². The van der Waals surface area contributed by atoms with Crippen molar-refractivity contribution in [3.63, 3.8) is 0 Å². The van der Waals surface area contributed by atoms with Crippen LogP contribution < -0.4 is 10.5 Å². The van der Waals surface area contributed by atoms with E-state index in [2.05, 4.69) is 4.74 Å². The molecule has 5 nitrogen and oxygen atoms in total. The third-order valence-corrected chi connectivity index (χ3v) is 2.21. The number of esters is 1. The summed E-state index contributed by atoms with van der Waals surface area (Å²) < 4.78 is 9.85. The first kappa shape index (κ1) is 16.4. The largest absolute Gasteiger partial charge is 0.479 e. The number of ether oxygens (including phenoxy) is 2. The molecule has 1 unspecified atom stereocenters. The Labute approximate surface area is 112 Å². The van der Waals surface area contributed by atoms with Gasteiger partial charge in [-0.3, -0.25) is 4.79 Å². The van der Waals surface area contributed by atoms with Gasteiger partial charge in [0, 0.05) is 5.56 Å². The van der Waals surface area contributed by atoms with Crippen molar-refractivity contribution in [2.75, 3.05) is 13.7 Å². The van der Waals surface area contributed by atoms with Gasteiger partial charge in [-0.25, -0.2) is 4.79 Å². The molecule has 0 bridgehead atoms. The van der Waals surface area contributed by atoms with Crippen molar-refractivity contribution < 1.29 is 19.1 Å². The Morgan fingerprint density at radius 2 is 1.83 bits per heavy atom. The fourth-order valence-electron chi connectivity index (χ4n) is 1.26. The fourth-order valence-corrected chi connectivity index (χ4v) is 1.26. The maximum atomic E-state index is 11.3. The summed E-state index contributed by atoms with van der Waals surface area (Å²) in [5.41, 5.74) is 5.76. The standard InChI is InChI=1S/C12H15NO4.ClH/c1-8(12(15)16-2)17-10-5-3-9(4-6-10)11(14)7-13;/h3-6,8H,7,13H2,1-2H3;1H. The summed E-state index contributed by atoms with van der Waals surface area (Å²) in [5, 5.41) is 0. The van der Waals surface area contributed by atoms with Crippen LogP contribution in [0.5, 0.6) is 5.75 Å². The van der Waals surface area contributed by atoms with Crippen LogP contribution in [0.4, 0.5) is 0 Å². The summed E-state index contributed by atoms with van der Waals surface area (Å²) in [6.45, 7) is 1.56. The minimum Gasteiger partial charge on any atom is -0.479 e. The van der Waals surface area contributed by atoms with Crippen LogP contribution >= 0.6 is 12.4 Å². The van der Waals surface area contributed by atoms with Gasteiger partial charge < -0.3 is 15.2 Å². The molecule has 0 fully saturated rings. The summed E-state index contributed by atoms with van der Waals surface area (Å²) in [4.78, 5) is 22.4. The van der Waals surface area contributed by atoms with Gasteiger partial charge in [0.05, 0.1) is 13.7 Å². The lowest BCUT2D eigenvalue weighted by Crippen LogP contribution is -2.24. The number of hydrogen-bond acceptors (Lipinski definition) is 5. The molecular weight excluding hydrogens is 258 g/mol. The van der Waals surface area contributed by atoms with Crippen molar-refractivity contribution in [3.05, 3.63) is 29.8 Å². The van der Waals surface area contributed by atoms with E-state index in [4.69, 9.17) is 10.5 Å². The van der Waals surface area contributed by atoms with Gasteiger partial charge >= 0.3 is 5.97 Å². The van der Waals surface area contributed by atoms with E-state index in [9.17, 15) is 9.59 Å². The number of ketones is 1. The number of carbonyl (C=O) groups excluding carboxylic acids is 2. The summed E-state index contributed by atoms with van der Waals surface area (Å²) >= 11 is 0. The first-order chi connectivity index (χ1) is 8.08. The number of methoxy groups -OCH3 is 1. The molecule has 1 aromatic rings. The topological polar surface area (TPSA) is 78.6 Å². The van der Waals surface area contributed by atoms with Crippen LogP contribution in [0.15, 0.2) is 24.3 Å². The molecule has 100 valence electrons. The van der Waals surface area contributed by atoms with E-state index in [-0.39, 0.29) is 24.7 Å². The van der Waals surface area contributed by atoms with E-state index in [0.29, 0.717) is 11.3 Å². The van der Waals surface area contributed by atoms with E-state index in [1.165, 1.54) is 7.11 Å². The average Bonchev–Trinajstić information content (AvgIpc) is 2.37. The van der Waals surface area contributed by atoms with Gasteiger partial charge in [0.2, 0.25) is 0 Å². The van der Waals surface area contributed by atoms with E-state index in [1.807, 2.05) is 0 Å². The Kier molecular flexibility index (Phi) is 7.00. The zero-order valence-corrected chi connectivity index (χ0v) is 11.0. The average molecular weight is 274 g/mol. The van der Waals surface area contributed by atoms with Crippen molar-refractivity contribution in [3.8, 4) is 5.75 Å². The lowest BCUT2D eigenvalue weighted by molar-refractivity contribution is -0.147. The summed E-state index contributed by atoms with van der Waals surface area (Å²) in [6.07, 6.45) is -0.684. The highest BCUT2D eigenvalue weighted by molar-refractivity contribution is 5.97. The summed E-state index contributed by atoms with van der Waals surface area (Å²) in [6, 6.07) is 6.44. The van der Waals surface area contributed by atoms with Crippen molar-refractivity contribution in [2.24, 2.45) is 5.73 Å². The predicted molar refractivity (Wildman–Crippen MR) is 69.2 cm³/mol. The van der Waals surface area contributed by atoms with Gasteiger partial charge in [0.25, 0.3) is 0 Å². The second-order valence-electron chi connectivity index (χ2n) is 3.43. The smallest absolute Gasteiger partial charge is 0.346 e. The fraction of sp³-hybridized carbons (Fsp3) is 0.333. The van der Waals surface area contributed by atoms with Gasteiger partial charge in [0.15, 0.2) is 11.9 Å². The van der Waals surface area contributed by atoms with Crippen LogP contribution in [-0.4, -0.2) is 31.5 Å². The molecule has 0 aliphatic rings. The molecule has 0 aliphatic carbocycles. The third-order valence-electron chi connectivity index (χ3n) is 2.21. The van der Waals surface area contributed by atoms with Gasteiger partial charge in [-0.1, -0.05) is 0 Å². The Morgan fingerprint density at radius 1 is 1.28 bits per heavy atom. The monoisotopic (exact) mass is 273 g/mol. The first-order valence-corrected chi connectivity index (χ1v) is 5.16. The van der Waals surface area contributed by atoms with Crippen LogP contribution in [0.2, 0.25) is 0 Å². The molecule has 0 aromatic heterocycles. The van der Waals surface area contributed by atoms with Gasteiger partial charge in [0.1, 0.15) is 5.75 Å². The number of nitrogens with two attached hydrogens (primary N) is 1. The number of carbonyl (C=O) groups is 2. The van der Waals surface area contributed by atoms with Crippen LogP contribution in [0.25, 0.3) is 0 Å². The molecule has 0 saturated carbocycles. The molecule has 0 amide bonds. The highest BCUT2D eigenvalue weighted by Gasteiger charge is 2.14. The second-order valence-corrected chi connectivity index (χ2v) is 3.43. The summed E-state index contributed by atoms with van der Waals surface area (Å²) in [7, 11) is 1.30. The number of hydrogen-bond donors (Lipinski definition) is 1. The SMILES string of the molecule is COC(=O)C(C)Oc1ccc(C(=O)CN)cc1.Cl. The molecular formula is C12H16ClNO4. The van der Waals surface area contributed by atoms with E-state index in [1.54, 1.807) is 31.2 Å². The maximum Gasteiger partial charge on any atom is 0.346 e. The zero-order valence-electron chi connectivity index (χ0n) is 10.2. The molecule has 18 heavy (non-hydrogen) atoms. The molecule has 0 aliphatic heterocycles. The lowest BCUT2D eigenvalue weighted by atomic mass is 10.1. The third kappa shape index (κ3) is 4.35.